The molecular weight excluding hydrogens is 278 g/mol. The van der Waals surface area contributed by atoms with Crippen molar-refractivity contribution < 1.29 is 9.59 Å². The lowest BCUT2D eigenvalue weighted by Gasteiger charge is -2.10. The Hall–Kier alpha value is -1.57. The molecule has 1 saturated carbocycles. The van der Waals surface area contributed by atoms with Crippen LogP contribution in [-0.4, -0.2) is 37.9 Å². The molecule has 1 fully saturated rings. The Labute approximate surface area is 121 Å². The molecule has 7 nitrogen and oxygen atoms in total. The number of primary amides is 1. The van der Waals surface area contributed by atoms with Crippen LogP contribution in [0.2, 0.25) is 0 Å². The molecule has 0 spiro atoms. The second kappa shape index (κ2) is 6.25. The second-order valence-corrected chi connectivity index (χ2v) is 6.28. The van der Waals surface area contributed by atoms with Gasteiger partial charge in [0.25, 0.3) is 0 Å². The van der Waals surface area contributed by atoms with E-state index in [9.17, 15) is 9.59 Å². The summed E-state index contributed by atoms with van der Waals surface area (Å²) in [5.74, 6) is 0.361. The summed E-state index contributed by atoms with van der Waals surface area (Å²) < 4.78 is 1.80. The van der Waals surface area contributed by atoms with Gasteiger partial charge in [-0.2, -0.15) is 0 Å². The van der Waals surface area contributed by atoms with E-state index >= 15 is 0 Å². The van der Waals surface area contributed by atoms with Crippen molar-refractivity contribution in [2.24, 2.45) is 12.8 Å². The van der Waals surface area contributed by atoms with Crippen LogP contribution in [0.4, 0.5) is 0 Å². The molecule has 3 N–H and O–H groups in total. The Morgan fingerprint density at radius 2 is 2.20 bits per heavy atom. The summed E-state index contributed by atoms with van der Waals surface area (Å²) in [6.45, 7) is 1.85. The van der Waals surface area contributed by atoms with Gasteiger partial charge >= 0.3 is 0 Å². The summed E-state index contributed by atoms with van der Waals surface area (Å²) in [7, 11) is 1.82. The van der Waals surface area contributed by atoms with Crippen molar-refractivity contribution in [2.45, 2.75) is 49.1 Å². The molecule has 0 aliphatic heterocycles. The predicted octanol–water partition coefficient (Wildman–Crippen LogP) is -0.00780. The first-order chi connectivity index (χ1) is 9.47. The minimum atomic E-state index is -0.362. The molecule has 0 saturated heterocycles. The largest absolute Gasteiger partial charge is 0.370 e. The van der Waals surface area contributed by atoms with Gasteiger partial charge in [0.1, 0.15) is 5.82 Å². The van der Waals surface area contributed by atoms with Crippen molar-refractivity contribution in [3.05, 3.63) is 5.82 Å². The van der Waals surface area contributed by atoms with Crippen molar-refractivity contribution >= 4 is 23.6 Å². The van der Waals surface area contributed by atoms with Crippen LogP contribution in [0.15, 0.2) is 5.16 Å². The van der Waals surface area contributed by atoms with Crippen LogP contribution in [0, 0.1) is 0 Å². The highest BCUT2D eigenvalue weighted by Crippen LogP contribution is 2.24. The first-order valence-electron chi connectivity index (χ1n) is 6.61. The molecule has 110 valence electrons. The number of nitrogens with zero attached hydrogens (tertiary/aromatic N) is 3. The number of thioether (sulfide) groups is 1. The third-order valence-electron chi connectivity index (χ3n) is 3.10. The molecule has 1 heterocycles. The molecule has 1 aromatic heterocycles. The monoisotopic (exact) mass is 297 g/mol. The van der Waals surface area contributed by atoms with Crippen LogP contribution < -0.4 is 11.1 Å². The van der Waals surface area contributed by atoms with Gasteiger partial charge in [0.15, 0.2) is 5.16 Å². The lowest BCUT2D eigenvalue weighted by molar-refractivity contribution is -0.120. The van der Waals surface area contributed by atoms with Crippen LogP contribution in [0.5, 0.6) is 0 Å². The molecule has 0 radical (unpaired) electrons. The van der Waals surface area contributed by atoms with E-state index in [0.29, 0.717) is 23.4 Å². The zero-order valence-corrected chi connectivity index (χ0v) is 12.4. The second-order valence-electron chi connectivity index (χ2n) is 4.97. The summed E-state index contributed by atoms with van der Waals surface area (Å²) in [5, 5.41) is 11.5. The summed E-state index contributed by atoms with van der Waals surface area (Å²) in [6.07, 6.45) is 2.85. The highest BCUT2D eigenvalue weighted by atomic mass is 32.2. The van der Waals surface area contributed by atoms with Crippen molar-refractivity contribution in [3.63, 3.8) is 0 Å². The zero-order valence-electron chi connectivity index (χ0n) is 11.6. The van der Waals surface area contributed by atoms with Crippen LogP contribution in [-0.2, 0) is 23.1 Å². The van der Waals surface area contributed by atoms with E-state index in [1.807, 2.05) is 14.0 Å². The smallest absolute Gasteiger partial charge is 0.233 e. The van der Waals surface area contributed by atoms with Gasteiger partial charge < -0.3 is 15.6 Å². The van der Waals surface area contributed by atoms with Crippen molar-refractivity contribution in [1.82, 2.24) is 20.1 Å². The molecule has 8 heteroatoms. The Balaban J connectivity index is 1.91. The van der Waals surface area contributed by atoms with E-state index in [0.717, 1.165) is 12.8 Å². The Bertz CT molecular complexity index is 512. The quantitative estimate of drug-likeness (QED) is 0.689. The normalized spacial score (nSPS) is 15.9. The number of rotatable bonds is 7. The molecule has 0 bridgehead atoms. The first kappa shape index (κ1) is 14.8. The Morgan fingerprint density at radius 3 is 2.80 bits per heavy atom. The molecule has 1 aliphatic carbocycles. The average Bonchev–Trinajstić information content (AvgIpc) is 3.13. The molecule has 1 aromatic rings. The molecule has 2 rings (SSSR count). The summed E-state index contributed by atoms with van der Waals surface area (Å²) in [4.78, 5) is 22.7. The van der Waals surface area contributed by atoms with Gasteiger partial charge in [-0.15, -0.1) is 10.2 Å². The topological polar surface area (TPSA) is 103 Å². The van der Waals surface area contributed by atoms with Gasteiger partial charge in [-0.1, -0.05) is 11.8 Å². The van der Waals surface area contributed by atoms with Crippen molar-refractivity contribution in [1.29, 1.82) is 0 Å². The lowest BCUT2D eigenvalue weighted by atomic mass is 10.3. The third-order valence-corrected chi connectivity index (χ3v) is 4.23. The maximum Gasteiger partial charge on any atom is 0.233 e. The minimum Gasteiger partial charge on any atom is -0.370 e. The Morgan fingerprint density at radius 1 is 1.50 bits per heavy atom. The standard InChI is InChI=1S/C12H19N5O2S/c1-7(11(19)14-8-3-4-8)20-12-16-15-10(17(12)2)6-5-9(13)18/h7-8H,3-6H2,1-2H3,(H2,13,18)(H,14,19)/t7-/m1/s1. The maximum atomic E-state index is 11.9. The van der Waals surface area contributed by atoms with Crippen LogP contribution in [0.25, 0.3) is 0 Å². The summed E-state index contributed by atoms with van der Waals surface area (Å²) in [6, 6.07) is 0.358. The number of amides is 2. The zero-order chi connectivity index (χ0) is 14.7. The van der Waals surface area contributed by atoms with Gasteiger partial charge in [0, 0.05) is 25.9 Å². The van der Waals surface area contributed by atoms with Gasteiger partial charge in [0.2, 0.25) is 11.8 Å². The SMILES string of the molecule is C[C@@H](Sc1nnc(CCC(N)=O)n1C)C(=O)NC1CC1. The number of hydrogen-bond acceptors (Lipinski definition) is 5. The molecule has 1 aliphatic rings. The van der Waals surface area contributed by atoms with Gasteiger partial charge in [-0.05, 0) is 19.8 Å². The number of nitrogens with one attached hydrogen (secondary N) is 1. The fourth-order valence-electron chi connectivity index (χ4n) is 1.66. The predicted molar refractivity (Wildman–Crippen MR) is 75.0 cm³/mol. The van der Waals surface area contributed by atoms with E-state index in [-0.39, 0.29) is 23.5 Å². The number of hydrogen-bond donors (Lipinski definition) is 2. The number of carbonyl (C=O) groups is 2. The van der Waals surface area contributed by atoms with E-state index in [2.05, 4.69) is 15.5 Å². The van der Waals surface area contributed by atoms with Crippen molar-refractivity contribution in [3.8, 4) is 0 Å². The fraction of sp³-hybridized carbons (Fsp3) is 0.667. The molecule has 1 atom stereocenters. The van der Waals surface area contributed by atoms with E-state index < -0.39 is 0 Å². The van der Waals surface area contributed by atoms with E-state index in [1.54, 1.807) is 4.57 Å². The minimum absolute atomic E-state index is 0.0270. The molecule has 20 heavy (non-hydrogen) atoms. The molecular formula is C12H19N5O2S. The van der Waals surface area contributed by atoms with Gasteiger partial charge in [-0.25, -0.2) is 0 Å². The number of nitrogens with two attached hydrogens (primary N) is 1. The lowest BCUT2D eigenvalue weighted by Crippen LogP contribution is -2.32. The van der Waals surface area contributed by atoms with Gasteiger partial charge in [-0.3, -0.25) is 9.59 Å². The molecule has 0 unspecified atom stereocenters. The third kappa shape index (κ3) is 3.96. The molecule has 2 amide bonds. The van der Waals surface area contributed by atoms with E-state index in [4.69, 9.17) is 5.73 Å². The van der Waals surface area contributed by atoms with Crippen LogP contribution in [0.3, 0.4) is 0 Å². The average molecular weight is 297 g/mol. The molecule has 0 aromatic carbocycles. The number of aryl methyl sites for hydroxylation is 1. The van der Waals surface area contributed by atoms with Crippen LogP contribution >= 0.6 is 11.8 Å². The number of carbonyl (C=O) groups excluding carboxylic acids is 2. The maximum absolute atomic E-state index is 11.9. The number of aromatic nitrogens is 3. The summed E-state index contributed by atoms with van der Waals surface area (Å²) in [5.41, 5.74) is 5.12. The van der Waals surface area contributed by atoms with Crippen LogP contribution in [0.1, 0.15) is 32.0 Å². The Kier molecular flexibility index (Phi) is 4.64. The highest BCUT2D eigenvalue weighted by molar-refractivity contribution is 8.00. The summed E-state index contributed by atoms with van der Waals surface area (Å²) >= 11 is 1.36. The van der Waals surface area contributed by atoms with Crippen molar-refractivity contribution in [2.75, 3.05) is 0 Å². The highest BCUT2D eigenvalue weighted by Gasteiger charge is 2.26. The van der Waals surface area contributed by atoms with Gasteiger partial charge in [0.05, 0.1) is 5.25 Å². The first-order valence-corrected chi connectivity index (χ1v) is 7.49. The fourth-order valence-corrected chi connectivity index (χ4v) is 2.50. The van der Waals surface area contributed by atoms with E-state index in [1.165, 1.54) is 11.8 Å².